The summed E-state index contributed by atoms with van der Waals surface area (Å²) in [5.41, 5.74) is 1.80. The number of thiazole rings is 1. The van der Waals surface area contributed by atoms with Crippen LogP contribution in [0.1, 0.15) is 41.5 Å². The number of anilines is 2. The SMILES string of the molecule is CC.COCC(=O)Nc1nc2ccc(OOc3ccc(NCCN(C(C)C)C(C)C)cc3)cc2s1. The Morgan fingerprint density at radius 3 is 2.26 bits per heavy atom. The minimum atomic E-state index is -0.244. The van der Waals surface area contributed by atoms with Gasteiger partial charge in [-0.25, -0.2) is 4.98 Å². The van der Waals surface area contributed by atoms with Crippen LogP contribution in [-0.4, -0.2) is 54.7 Å². The highest BCUT2D eigenvalue weighted by Crippen LogP contribution is 2.29. The van der Waals surface area contributed by atoms with Crippen molar-refractivity contribution in [1.29, 1.82) is 0 Å². The van der Waals surface area contributed by atoms with E-state index < -0.39 is 0 Å². The van der Waals surface area contributed by atoms with E-state index in [9.17, 15) is 4.79 Å². The molecule has 9 heteroatoms. The zero-order valence-corrected chi connectivity index (χ0v) is 22.6. The molecule has 0 aliphatic rings. The lowest BCUT2D eigenvalue weighted by atomic mass is 10.2. The van der Waals surface area contributed by atoms with E-state index in [4.69, 9.17) is 14.5 Å². The zero-order chi connectivity index (χ0) is 25.8. The number of methoxy groups -OCH3 is 1. The Bertz CT molecular complexity index is 1030. The molecule has 1 aromatic heterocycles. The van der Waals surface area contributed by atoms with E-state index >= 15 is 0 Å². The van der Waals surface area contributed by atoms with Crippen molar-refractivity contribution in [1.82, 2.24) is 9.88 Å². The number of aromatic nitrogens is 1. The molecular formula is C26H38N4O4S. The van der Waals surface area contributed by atoms with Gasteiger partial charge in [0.25, 0.3) is 5.91 Å². The Balaban J connectivity index is 0.00000210. The number of nitrogens with zero attached hydrogens (tertiary/aromatic N) is 2. The standard InChI is InChI=1S/C24H32N4O4S.C2H6/c1-16(2)28(17(3)4)13-12-25-18-6-8-19(9-7-18)31-32-20-10-11-21-22(14-20)33-24(26-21)27-23(29)15-30-5;1-2/h6-11,14,16-17,25H,12-13,15H2,1-5H3,(H,26,27,29);1-2H3. The van der Waals surface area contributed by atoms with Gasteiger partial charge in [0.05, 0.1) is 10.2 Å². The molecule has 0 bridgehead atoms. The molecule has 2 N–H and O–H groups in total. The fraction of sp³-hybridized carbons (Fsp3) is 0.462. The van der Waals surface area contributed by atoms with Crippen LogP contribution in [0.25, 0.3) is 10.2 Å². The first-order chi connectivity index (χ1) is 16.9. The number of hydrogen-bond donors (Lipinski definition) is 2. The van der Waals surface area contributed by atoms with Crippen molar-refractivity contribution < 1.29 is 19.3 Å². The number of hydrogen-bond acceptors (Lipinski definition) is 8. The summed E-state index contributed by atoms with van der Waals surface area (Å²) >= 11 is 1.36. The van der Waals surface area contributed by atoms with Crippen LogP contribution in [0, 0.1) is 0 Å². The largest absolute Gasteiger partial charge is 0.384 e. The predicted octanol–water partition coefficient (Wildman–Crippen LogP) is 5.81. The minimum absolute atomic E-state index is 0.0131. The smallest absolute Gasteiger partial charge is 0.252 e. The zero-order valence-electron chi connectivity index (χ0n) is 21.8. The summed E-state index contributed by atoms with van der Waals surface area (Å²) in [4.78, 5) is 29.4. The second-order valence-corrected chi connectivity index (χ2v) is 9.20. The van der Waals surface area contributed by atoms with E-state index in [0.717, 1.165) is 29.0 Å². The molecule has 0 spiro atoms. The molecule has 1 amide bonds. The Labute approximate surface area is 212 Å². The Kier molecular flexibility index (Phi) is 11.8. The minimum Gasteiger partial charge on any atom is -0.384 e. The first-order valence-corrected chi connectivity index (χ1v) is 12.8. The topological polar surface area (TPSA) is 85.0 Å². The quantitative estimate of drug-likeness (QED) is 0.239. The molecule has 8 nitrogen and oxygen atoms in total. The summed E-state index contributed by atoms with van der Waals surface area (Å²) in [7, 11) is 1.47. The fourth-order valence-corrected chi connectivity index (χ4v) is 4.37. The van der Waals surface area contributed by atoms with Gasteiger partial charge in [0, 0.05) is 44.0 Å². The normalized spacial score (nSPS) is 10.9. The van der Waals surface area contributed by atoms with Gasteiger partial charge >= 0.3 is 0 Å². The van der Waals surface area contributed by atoms with Crippen molar-refractivity contribution in [3.8, 4) is 11.5 Å². The molecule has 1 heterocycles. The van der Waals surface area contributed by atoms with E-state index in [-0.39, 0.29) is 12.5 Å². The second-order valence-electron chi connectivity index (χ2n) is 8.17. The van der Waals surface area contributed by atoms with Crippen LogP contribution in [-0.2, 0) is 9.53 Å². The molecule has 192 valence electrons. The summed E-state index contributed by atoms with van der Waals surface area (Å²) in [6, 6.07) is 14.1. The number of nitrogens with one attached hydrogen (secondary N) is 2. The highest BCUT2D eigenvalue weighted by Gasteiger charge is 2.12. The maximum atomic E-state index is 11.7. The molecule has 3 aromatic rings. The summed E-state index contributed by atoms with van der Waals surface area (Å²) in [6.07, 6.45) is 0. The number of ether oxygens (including phenoxy) is 1. The van der Waals surface area contributed by atoms with Crippen molar-refractivity contribution in [2.75, 3.05) is 37.4 Å². The highest BCUT2D eigenvalue weighted by molar-refractivity contribution is 7.22. The molecule has 3 rings (SSSR count). The van der Waals surface area contributed by atoms with Gasteiger partial charge in [-0.2, -0.15) is 0 Å². The summed E-state index contributed by atoms with van der Waals surface area (Å²) < 4.78 is 5.69. The van der Waals surface area contributed by atoms with Gasteiger partial charge in [0.1, 0.15) is 6.61 Å². The van der Waals surface area contributed by atoms with Gasteiger partial charge in [0.2, 0.25) is 0 Å². The van der Waals surface area contributed by atoms with Crippen LogP contribution in [0.15, 0.2) is 42.5 Å². The Morgan fingerprint density at radius 2 is 1.63 bits per heavy atom. The first kappa shape index (κ1) is 28.4. The van der Waals surface area contributed by atoms with E-state index in [1.54, 1.807) is 6.07 Å². The molecule has 2 aromatic carbocycles. The predicted molar refractivity (Wildman–Crippen MR) is 145 cm³/mol. The highest BCUT2D eigenvalue weighted by atomic mass is 32.1. The third-order valence-electron chi connectivity index (χ3n) is 5.00. The molecule has 0 aliphatic heterocycles. The van der Waals surface area contributed by atoms with Crippen LogP contribution in [0.4, 0.5) is 10.8 Å². The van der Waals surface area contributed by atoms with Gasteiger partial charge in [-0.05, 0) is 64.1 Å². The number of rotatable bonds is 12. The Morgan fingerprint density at radius 1 is 1.00 bits per heavy atom. The lowest BCUT2D eigenvalue weighted by molar-refractivity contribution is -0.119. The van der Waals surface area contributed by atoms with Crippen LogP contribution >= 0.6 is 11.3 Å². The maximum Gasteiger partial charge on any atom is 0.252 e. The van der Waals surface area contributed by atoms with Crippen molar-refractivity contribution in [2.24, 2.45) is 0 Å². The van der Waals surface area contributed by atoms with Crippen LogP contribution in [0.2, 0.25) is 0 Å². The third kappa shape index (κ3) is 9.01. The van der Waals surface area contributed by atoms with E-state index in [2.05, 4.69) is 48.2 Å². The van der Waals surface area contributed by atoms with Gasteiger partial charge in [-0.1, -0.05) is 25.2 Å². The number of amides is 1. The van der Waals surface area contributed by atoms with E-state index in [1.165, 1.54) is 18.4 Å². The number of carbonyl (C=O) groups is 1. The van der Waals surface area contributed by atoms with Crippen molar-refractivity contribution in [3.05, 3.63) is 42.5 Å². The van der Waals surface area contributed by atoms with Crippen LogP contribution in [0.5, 0.6) is 11.5 Å². The molecule has 0 aliphatic carbocycles. The number of carbonyl (C=O) groups excluding carboxylic acids is 1. The number of benzene rings is 2. The van der Waals surface area contributed by atoms with Crippen molar-refractivity contribution in [3.63, 3.8) is 0 Å². The summed E-state index contributed by atoms with van der Waals surface area (Å²) in [5.74, 6) is 0.903. The van der Waals surface area contributed by atoms with Crippen LogP contribution < -0.4 is 20.4 Å². The van der Waals surface area contributed by atoms with Crippen molar-refractivity contribution >= 4 is 38.3 Å². The average molecular weight is 503 g/mol. The molecular weight excluding hydrogens is 464 g/mol. The molecule has 0 saturated carbocycles. The number of fused-ring (bicyclic) bond motifs is 1. The molecule has 35 heavy (non-hydrogen) atoms. The lowest BCUT2D eigenvalue weighted by Gasteiger charge is -2.30. The molecule has 0 atom stereocenters. The van der Waals surface area contributed by atoms with Gasteiger partial charge in [-0.15, -0.1) is 0 Å². The maximum absolute atomic E-state index is 11.7. The van der Waals surface area contributed by atoms with Gasteiger partial charge < -0.3 is 10.1 Å². The second kappa shape index (κ2) is 14.5. The fourth-order valence-electron chi connectivity index (χ4n) is 3.46. The monoisotopic (exact) mass is 502 g/mol. The van der Waals surface area contributed by atoms with Gasteiger partial charge in [-0.3, -0.25) is 24.8 Å². The van der Waals surface area contributed by atoms with Crippen LogP contribution in [0.3, 0.4) is 0 Å². The third-order valence-corrected chi connectivity index (χ3v) is 5.93. The van der Waals surface area contributed by atoms with E-state index in [1.807, 2.05) is 50.2 Å². The summed E-state index contributed by atoms with van der Waals surface area (Å²) in [6.45, 7) is 14.7. The van der Waals surface area contributed by atoms with E-state index in [0.29, 0.717) is 28.7 Å². The molecule has 0 radical (unpaired) electrons. The molecule has 0 fully saturated rings. The average Bonchev–Trinajstić information content (AvgIpc) is 3.23. The van der Waals surface area contributed by atoms with Gasteiger partial charge in [0.15, 0.2) is 16.6 Å². The lowest BCUT2D eigenvalue weighted by Crippen LogP contribution is -2.40. The molecule has 0 unspecified atom stereocenters. The molecule has 0 saturated heterocycles. The first-order valence-electron chi connectivity index (χ1n) is 12.0. The van der Waals surface area contributed by atoms with Crippen molar-refractivity contribution in [2.45, 2.75) is 53.6 Å². The summed E-state index contributed by atoms with van der Waals surface area (Å²) in [5, 5.41) is 6.67. The Hall–Kier alpha value is -2.88.